The predicted molar refractivity (Wildman–Crippen MR) is 126 cm³/mol. The standard InChI is InChI=1S/C26H36FN3O2/c1-28(2)15-16-30(26(31)17-21-10-12-24(32-3)13-11-21)19-22-7-6-14-29(18-22)20-23-8-4-5-9-25(23)27/h4-5,8-13,22H,6-7,14-20H2,1-3H3/t22-/m0/s1. The van der Waals surface area contributed by atoms with Crippen molar-refractivity contribution >= 4 is 5.91 Å². The van der Waals surface area contributed by atoms with E-state index in [4.69, 9.17) is 4.74 Å². The summed E-state index contributed by atoms with van der Waals surface area (Å²) in [5.74, 6) is 1.21. The Hall–Kier alpha value is -2.44. The monoisotopic (exact) mass is 441 g/mol. The van der Waals surface area contributed by atoms with Gasteiger partial charge in [-0.1, -0.05) is 30.3 Å². The van der Waals surface area contributed by atoms with Crippen LogP contribution >= 0.6 is 0 Å². The molecule has 1 aliphatic heterocycles. The predicted octanol–water partition coefficient (Wildman–Crippen LogP) is 3.68. The van der Waals surface area contributed by atoms with E-state index in [1.807, 2.05) is 55.4 Å². The molecular formula is C26H36FN3O2. The van der Waals surface area contributed by atoms with Gasteiger partial charge in [-0.2, -0.15) is 0 Å². The molecule has 0 spiro atoms. The number of carbonyl (C=O) groups excluding carboxylic acids is 1. The minimum Gasteiger partial charge on any atom is -0.497 e. The number of likely N-dealkylation sites (tertiary alicyclic amines) is 1. The lowest BCUT2D eigenvalue weighted by atomic mass is 9.96. The first-order valence-electron chi connectivity index (χ1n) is 11.5. The van der Waals surface area contributed by atoms with Gasteiger partial charge in [0.15, 0.2) is 0 Å². The lowest BCUT2D eigenvalue weighted by Crippen LogP contribution is -2.45. The third-order valence-corrected chi connectivity index (χ3v) is 6.12. The van der Waals surface area contributed by atoms with Crippen molar-refractivity contribution in [2.24, 2.45) is 5.92 Å². The minimum atomic E-state index is -0.142. The maximum atomic E-state index is 14.1. The smallest absolute Gasteiger partial charge is 0.227 e. The number of nitrogens with zero attached hydrogens (tertiary/aromatic N) is 3. The molecule has 0 N–H and O–H groups in total. The highest BCUT2D eigenvalue weighted by atomic mass is 19.1. The van der Waals surface area contributed by atoms with Crippen LogP contribution in [-0.4, -0.2) is 74.5 Å². The van der Waals surface area contributed by atoms with E-state index in [1.54, 1.807) is 13.2 Å². The third-order valence-electron chi connectivity index (χ3n) is 6.12. The van der Waals surface area contributed by atoms with Crippen LogP contribution in [0.25, 0.3) is 0 Å². The molecule has 174 valence electrons. The number of carbonyl (C=O) groups is 1. The summed E-state index contributed by atoms with van der Waals surface area (Å²) in [4.78, 5) is 19.6. The number of methoxy groups -OCH3 is 1. The molecule has 1 aliphatic rings. The van der Waals surface area contributed by atoms with Crippen molar-refractivity contribution in [1.82, 2.24) is 14.7 Å². The number of hydrogen-bond acceptors (Lipinski definition) is 4. The summed E-state index contributed by atoms with van der Waals surface area (Å²) in [7, 11) is 5.70. The Morgan fingerprint density at radius 3 is 2.56 bits per heavy atom. The number of hydrogen-bond donors (Lipinski definition) is 0. The molecule has 0 bridgehead atoms. The van der Waals surface area contributed by atoms with E-state index < -0.39 is 0 Å². The normalized spacial score (nSPS) is 16.8. The minimum absolute atomic E-state index is 0.142. The maximum Gasteiger partial charge on any atom is 0.227 e. The molecule has 6 heteroatoms. The summed E-state index contributed by atoms with van der Waals surface area (Å²) >= 11 is 0. The number of rotatable bonds is 10. The van der Waals surface area contributed by atoms with Crippen LogP contribution < -0.4 is 4.74 Å². The van der Waals surface area contributed by atoms with Crippen LogP contribution in [0.15, 0.2) is 48.5 Å². The Balaban J connectivity index is 1.61. The number of halogens is 1. The van der Waals surface area contributed by atoms with Crippen LogP contribution in [-0.2, 0) is 17.8 Å². The van der Waals surface area contributed by atoms with Gasteiger partial charge in [0.2, 0.25) is 5.91 Å². The van der Waals surface area contributed by atoms with E-state index in [0.717, 1.165) is 55.9 Å². The molecule has 2 aromatic rings. The van der Waals surface area contributed by atoms with Crippen molar-refractivity contribution in [2.45, 2.75) is 25.8 Å². The molecular weight excluding hydrogens is 405 g/mol. The number of likely N-dealkylation sites (N-methyl/N-ethyl adjacent to an activating group) is 1. The Kier molecular flexibility index (Phi) is 9.06. The van der Waals surface area contributed by atoms with Crippen molar-refractivity contribution in [3.63, 3.8) is 0 Å². The van der Waals surface area contributed by atoms with Crippen molar-refractivity contribution in [1.29, 1.82) is 0 Å². The Bertz CT molecular complexity index is 856. The van der Waals surface area contributed by atoms with E-state index in [-0.39, 0.29) is 11.7 Å². The van der Waals surface area contributed by atoms with Gasteiger partial charge in [-0.3, -0.25) is 9.69 Å². The Labute approximate surface area is 191 Å². The van der Waals surface area contributed by atoms with Gasteiger partial charge in [0, 0.05) is 38.3 Å². The van der Waals surface area contributed by atoms with Crippen molar-refractivity contribution in [3.8, 4) is 5.75 Å². The Morgan fingerprint density at radius 1 is 1.12 bits per heavy atom. The molecule has 32 heavy (non-hydrogen) atoms. The summed E-state index contributed by atoms with van der Waals surface area (Å²) in [5, 5.41) is 0. The van der Waals surface area contributed by atoms with Gasteiger partial charge in [0.25, 0.3) is 0 Å². The number of ether oxygens (including phenoxy) is 1. The first kappa shape index (κ1) is 24.2. The molecule has 1 fully saturated rings. The zero-order valence-corrected chi connectivity index (χ0v) is 19.6. The van der Waals surface area contributed by atoms with Crippen molar-refractivity contribution < 1.29 is 13.9 Å². The first-order chi connectivity index (χ1) is 15.4. The van der Waals surface area contributed by atoms with Gasteiger partial charge >= 0.3 is 0 Å². The third kappa shape index (κ3) is 7.31. The second-order valence-electron chi connectivity index (χ2n) is 9.00. The molecule has 1 atom stereocenters. The van der Waals surface area contributed by atoms with E-state index >= 15 is 0 Å². The van der Waals surface area contributed by atoms with Gasteiger partial charge in [-0.05, 0) is 63.2 Å². The van der Waals surface area contributed by atoms with Crippen LogP contribution in [0.1, 0.15) is 24.0 Å². The average molecular weight is 442 g/mol. The molecule has 1 heterocycles. The zero-order valence-electron chi connectivity index (χ0n) is 19.6. The molecule has 0 saturated carbocycles. The summed E-state index contributed by atoms with van der Waals surface area (Å²) in [6.45, 7) is 4.79. The summed E-state index contributed by atoms with van der Waals surface area (Å²) in [6, 6.07) is 14.7. The summed E-state index contributed by atoms with van der Waals surface area (Å²) < 4.78 is 19.3. The number of amides is 1. The number of piperidine rings is 1. The second kappa shape index (κ2) is 12.0. The van der Waals surface area contributed by atoms with Crippen molar-refractivity contribution in [3.05, 3.63) is 65.5 Å². The topological polar surface area (TPSA) is 36.0 Å². The summed E-state index contributed by atoms with van der Waals surface area (Å²) in [6.07, 6.45) is 2.57. The number of benzene rings is 2. The van der Waals surface area contributed by atoms with Crippen LogP contribution in [0.2, 0.25) is 0 Å². The fourth-order valence-electron chi connectivity index (χ4n) is 4.29. The Morgan fingerprint density at radius 2 is 1.88 bits per heavy atom. The fraction of sp³-hybridized carbons (Fsp3) is 0.500. The largest absolute Gasteiger partial charge is 0.497 e. The van der Waals surface area contributed by atoms with E-state index in [1.165, 1.54) is 6.07 Å². The van der Waals surface area contributed by atoms with Gasteiger partial charge in [0.05, 0.1) is 13.5 Å². The zero-order chi connectivity index (χ0) is 22.9. The quantitative estimate of drug-likeness (QED) is 0.564. The first-order valence-corrected chi connectivity index (χ1v) is 11.5. The maximum absolute atomic E-state index is 14.1. The lowest BCUT2D eigenvalue weighted by molar-refractivity contribution is -0.131. The van der Waals surface area contributed by atoms with E-state index in [9.17, 15) is 9.18 Å². The van der Waals surface area contributed by atoms with Crippen molar-refractivity contribution in [2.75, 3.05) is 53.9 Å². The molecule has 0 aliphatic carbocycles. The van der Waals surface area contributed by atoms with E-state index in [2.05, 4.69) is 9.80 Å². The molecule has 0 unspecified atom stereocenters. The lowest BCUT2D eigenvalue weighted by Gasteiger charge is -2.36. The molecule has 0 radical (unpaired) electrons. The SMILES string of the molecule is COc1ccc(CC(=O)N(CCN(C)C)C[C@H]2CCCN(Cc3ccccc3F)C2)cc1. The molecule has 3 rings (SSSR count). The second-order valence-corrected chi connectivity index (χ2v) is 9.00. The molecule has 5 nitrogen and oxygen atoms in total. The van der Waals surface area contributed by atoms with E-state index in [0.29, 0.717) is 25.4 Å². The molecule has 1 amide bonds. The highest BCUT2D eigenvalue weighted by Gasteiger charge is 2.25. The average Bonchev–Trinajstić information content (AvgIpc) is 2.79. The van der Waals surface area contributed by atoms with Gasteiger partial charge in [-0.15, -0.1) is 0 Å². The van der Waals surface area contributed by atoms with Gasteiger partial charge < -0.3 is 14.5 Å². The van der Waals surface area contributed by atoms with Crippen LogP contribution in [0.5, 0.6) is 5.75 Å². The highest BCUT2D eigenvalue weighted by molar-refractivity contribution is 5.78. The van der Waals surface area contributed by atoms with Gasteiger partial charge in [0.1, 0.15) is 11.6 Å². The van der Waals surface area contributed by atoms with Gasteiger partial charge in [-0.25, -0.2) is 4.39 Å². The molecule has 2 aromatic carbocycles. The molecule has 0 aromatic heterocycles. The molecule has 1 saturated heterocycles. The van der Waals surface area contributed by atoms with Crippen LogP contribution in [0, 0.1) is 11.7 Å². The summed E-state index contributed by atoms with van der Waals surface area (Å²) in [5.41, 5.74) is 1.74. The van der Waals surface area contributed by atoms with Crippen LogP contribution in [0.4, 0.5) is 4.39 Å². The fourth-order valence-corrected chi connectivity index (χ4v) is 4.29. The highest BCUT2D eigenvalue weighted by Crippen LogP contribution is 2.21. The van der Waals surface area contributed by atoms with Crippen LogP contribution in [0.3, 0.4) is 0 Å².